The summed E-state index contributed by atoms with van der Waals surface area (Å²) >= 11 is 8.98. The Morgan fingerprint density at radius 2 is 1.76 bits per heavy atom. The van der Waals surface area contributed by atoms with Crippen molar-refractivity contribution in [3.05, 3.63) is 89.5 Å². The molecule has 6 nitrogen and oxygen atoms in total. The van der Waals surface area contributed by atoms with Gasteiger partial charge in [0.25, 0.3) is 0 Å². The highest BCUT2D eigenvalue weighted by molar-refractivity contribution is 8.01. The normalized spacial score (nSPS) is 13.9. The maximum Gasteiger partial charge on any atom is 0.248 e. The minimum absolute atomic E-state index is 0.123. The first-order chi connectivity index (χ1) is 18.0. The number of rotatable bonds is 7. The number of amides is 2. The van der Waals surface area contributed by atoms with E-state index >= 15 is 0 Å². The minimum Gasteiger partial charge on any atom is -0.368 e. The van der Waals surface area contributed by atoms with Crippen LogP contribution < -0.4 is 10.2 Å². The summed E-state index contributed by atoms with van der Waals surface area (Å²) in [6, 6.07) is 23.2. The second-order valence-electron chi connectivity index (χ2n) is 8.53. The third kappa shape index (κ3) is 6.71. The standard InChI is InChI=1S/C28H25ClN4O2S2/c29-21-7-10-23(11-8-21)32-14-16-33(17-15-32)27(35)19-36-28-31-24-12-9-22(18-25(24)37-28)30-26(34)13-6-20-4-2-1-3-5-20/h1-13,18H,14-17,19H2,(H,30,34)/b13-6+. The molecule has 1 N–H and O–H groups in total. The van der Waals surface area contributed by atoms with Crippen molar-refractivity contribution < 1.29 is 9.59 Å². The van der Waals surface area contributed by atoms with Crippen molar-refractivity contribution in [2.75, 3.05) is 42.1 Å². The van der Waals surface area contributed by atoms with Gasteiger partial charge in [-0.05, 0) is 54.1 Å². The van der Waals surface area contributed by atoms with Crippen molar-refractivity contribution in [3.8, 4) is 0 Å². The van der Waals surface area contributed by atoms with E-state index in [1.807, 2.05) is 77.7 Å². The Bertz CT molecular complexity index is 1420. The highest BCUT2D eigenvalue weighted by atomic mass is 35.5. The van der Waals surface area contributed by atoms with E-state index in [-0.39, 0.29) is 11.8 Å². The van der Waals surface area contributed by atoms with Gasteiger partial charge in [-0.25, -0.2) is 4.98 Å². The zero-order valence-electron chi connectivity index (χ0n) is 20.0. The van der Waals surface area contributed by atoms with Crippen LogP contribution in [-0.2, 0) is 9.59 Å². The third-order valence-electron chi connectivity index (χ3n) is 6.01. The lowest BCUT2D eigenvalue weighted by atomic mass is 10.2. The number of thioether (sulfide) groups is 1. The van der Waals surface area contributed by atoms with Crippen molar-refractivity contribution >= 4 is 74.2 Å². The third-order valence-corrected chi connectivity index (χ3v) is 8.40. The number of fused-ring (bicyclic) bond motifs is 1. The van der Waals surface area contributed by atoms with E-state index in [2.05, 4.69) is 15.2 Å². The summed E-state index contributed by atoms with van der Waals surface area (Å²) in [5.74, 6) is 0.288. The van der Waals surface area contributed by atoms with E-state index in [0.717, 1.165) is 43.9 Å². The number of anilines is 2. The van der Waals surface area contributed by atoms with Crippen molar-refractivity contribution in [1.29, 1.82) is 0 Å². The molecule has 5 rings (SSSR count). The molecule has 9 heteroatoms. The molecule has 1 saturated heterocycles. The van der Waals surface area contributed by atoms with Gasteiger partial charge in [0.2, 0.25) is 11.8 Å². The largest absolute Gasteiger partial charge is 0.368 e. The molecule has 0 bridgehead atoms. The SMILES string of the molecule is O=C(/C=C/c1ccccc1)Nc1ccc2nc(SCC(=O)N3CCN(c4ccc(Cl)cc4)CC3)sc2c1. The van der Waals surface area contributed by atoms with E-state index < -0.39 is 0 Å². The molecule has 0 aliphatic carbocycles. The number of halogens is 1. The Kier molecular flexibility index (Phi) is 8.08. The summed E-state index contributed by atoms with van der Waals surface area (Å²) < 4.78 is 1.81. The quantitative estimate of drug-likeness (QED) is 0.225. The first-order valence-corrected chi connectivity index (χ1v) is 14.1. The van der Waals surface area contributed by atoms with Crippen LogP contribution in [0.2, 0.25) is 5.02 Å². The molecular weight excluding hydrogens is 524 g/mol. The molecule has 0 spiro atoms. The van der Waals surface area contributed by atoms with Crippen molar-refractivity contribution in [2.45, 2.75) is 4.34 Å². The maximum absolute atomic E-state index is 12.8. The number of carbonyl (C=O) groups is 2. The van der Waals surface area contributed by atoms with Gasteiger partial charge >= 0.3 is 0 Å². The zero-order valence-corrected chi connectivity index (χ0v) is 22.4. The van der Waals surface area contributed by atoms with Crippen molar-refractivity contribution in [3.63, 3.8) is 0 Å². The lowest BCUT2D eigenvalue weighted by Crippen LogP contribution is -2.49. The van der Waals surface area contributed by atoms with E-state index in [9.17, 15) is 9.59 Å². The van der Waals surface area contributed by atoms with E-state index in [0.29, 0.717) is 24.5 Å². The Labute approximate surface area is 228 Å². The molecule has 188 valence electrons. The average Bonchev–Trinajstić information content (AvgIpc) is 3.34. The molecule has 1 aliphatic heterocycles. The average molecular weight is 549 g/mol. The second-order valence-corrected chi connectivity index (χ2v) is 11.2. The Balaban J connectivity index is 1.12. The van der Waals surface area contributed by atoms with Crippen LogP contribution in [0.3, 0.4) is 0 Å². The summed E-state index contributed by atoms with van der Waals surface area (Å²) in [7, 11) is 0. The highest BCUT2D eigenvalue weighted by Gasteiger charge is 2.21. The molecule has 4 aromatic rings. The van der Waals surface area contributed by atoms with Crippen LogP contribution in [0.1, 0.15) is 5.56 Å². The Morgan fingerprint density at radius 1 is 1.00 bits per heavy atom. The van der Waals surface area contributed by atoms with E-state index in [1.165, 1.54) is 29.2 Å². The molecule has 0 atom stereocenters. The van der Waals surface area contributed by atoms with Crippen LogP contribution in [0.15, 0.2) is 83.2 Å². The second kappa shape index (κ2) is 11.8. The molecule has 3 aromatic carbocycles. The molecule has 2 heterocycles. The minimum atomic E-state index is -0.191. The number of piperazine rings is 1. The molecule has 0 saturated carbocycles. The first-order valence-electron chi connectivity index (χ1n) is 11.9. The summed E-state index contributed by atoms with van der Waals surface area (Å²) in [4.78, 5) is 34.0. The Morgan fingerprint density at radius 3 is 2.51 bits per heavy atom. The Hall–Kier alpha value is -3.33. The zero-order chi connectivity index (χ0) is 25.6. The fraction of sp³-hybridized carbons (Fsp3) is 0.179. The molecule has 1 aliphatic rings. The number of nitrogens with one attached hydrogen (secondary N) is 1. The van der Waals surface area contributed by atoms with Crippen LogP contribution in [0.5, 0.6) is 0 Å². The van der Waals surface area contributed by atoms with Crippen LogP contribution in [0.25, 0.3) is 16.3 Å². The summed E-state index contributed by atoms with van der Waals surface area (Å²) in [6.07, 6.45) is 3.30. The van der Waals surface area contributed by atoms with Gasteiger partial charge in [0.1, 0.15) is 0 Å². The van der Waals surface area contributed by atoms with Gasteiger partial charge in [-0.2, -0.15) is 0 Å². The first kappa shape index (κ1) is 25.3. The molecule has 2 amide bonds. The monoisotopic (exact) mass is 548 g/mol. The van der Waals surface area contributed by atoms with Gasteiger partial charge in [-0.3, -0.25) is 9.59 Å². The lowest BCUT2D eigenvalue weighted by molar-refractivity contribution is -0.128. The molecule has 1 fully saturated rings. The summed E-state index contributed by atoms with van der Waals surface area (Å²) in [5.41, 5.74) is 3.66. The molecule has 0 unspecified atom stereocenters. The number of aromatic nitrogens is 1. The van der Waals surface area contributed by atoms with E-state index in [4.69, 9.17) is 11.6 Å². The highest BCUT2D eigenvalue weighted by Crippen LogP contribution is 2.31. The van der Waals surface area contributed by atoms with Gasteiger partial charge in [-0.1, -0.05) is 53.7 Å². The lowest BCUT2D eigenvalue weighted by Gasteiger charge is -2.36. The van der Waals surface area contributed by atoms with Gasteiger partial charge in [0.15, 0.2) is 4.34 Å². The summed E-state index contributed by atoms with van der Waals surface area (Å²) in [5, 5.41) is 3.62. The van der Waals surface area contributed by atoms with Gasteiger partial charge < -0.3 is 15.1 Å². The number of hydrogen-bond donors (Lipinski definition) is 1. The van der Waals surface area contributed by atoms with Crippen LogP contribution in [-0.4, -0.2) is 53.6 Å². The van der Waals surface area contributed by atoms with Gasteiger partial charge in [0.05, 0.1) is 16.0 Å². The van der Waals surface area contributed by atoms with Crippen molar-refractivity contribution in [2.24, 2.45) is 0 Å². The number of carbonyl (C=O) groups excluding carboxylic acids is 2. The maximum atomic E-state index is 12.8. The molecule has 37 heavy (non-hydrogen) atoms. The van der Waals surface area contributed by atoms with Crippen LogP contribution >= 0.6 is 34.7 Å². The van der Waals surface area contributed by atoms with Gasteiger partial charge in [-0.15, -0.1) is 11.3 Å². The predicted molar refractivity (Wildman–Crippen MR) is 155 cm³/mol. The smallest absolute Gasteiger partial charge is 0.248 e. The molecule has 0 radical (unpaired) electrons. The fourth-order valence-electron chi connectivity index (χ4n) is 4.04. The number of hydrogen-bond acceptors (Lipinski definition) is 6. The molecular formula is C28H25ClN4O2S2. The van der Waals surface area contributed by atoms with Crippen molar-refractivity contribution in [1.82, 2.24) is 9.88 Å². The van der Waals surface area contributed by atoms with Crippen LogP contribution in [0, 0.1) is 0 Å². The number of benzene rings is 3. The predicted octanol–water partition coefficient (Wildman–Crippen LogP) is 6.04. The van der Waals surface area contributed by atoms with Gasteiger partial charge in [0, 0.05) is 48.7 Å². The number of thiazole rings is 1. The van der Waals surface area contributed by atoms with Crippen LogP contribution in [0.4, 0.5) is 11.4 Å². The number of nitrogens with zero attached hydrogens (tertiary/aromatic N) is 3. The topological polar surface area (TPSA) is 65.5 Å². The molecule has 1 aromatic heterocycles. The fourth-order valence-corrected chi connectivity index (χ4v) is 6.18. The summed E-state index contributed by atoms with van der Waals surface area (Å²) in [6.45, 7) is 3.00. The van der Waals surface area contributed by atoms with E-state index in [1.54, 1.807) is 6.08 Å².